The van der Waals surface area contributed by atoms with Crippen molar-refractivity contribution in [1.82, 2.24) is 0 Å². The number of esters is 1. The van der Waals surface area contributed by atoms with Gasteiger partial charge in [-0.2, -0.15) is 0 Å². The van der Waals surface area contributed by atoms with Crippen molar-refractivity contribution < 1.29 is 19.4 Å². The molecular weight excluding hydrogens is 196 g/mol. The number of aliphatic hydroxyl groups excluding tert-OH is 1. The predicted octanol–water partition coefficient (Wildman–Crippen LogP) is 1.04. The largest absolute Gasteiger partial charge is 0.482 e. The smallest absolute Gasteiger partial charge is 0.343 e. The van der Waals surface area contributed by atoms with Crippen molar-refractivity contribution in [1.29, 1.82) is 0 Å². The van der Waals surface area contributed by atoms with Crippen LogP contribution in [0.25, 0.3) is 0 Å². The summed E-state index contributed by atoms with van der Waals surface area (Å²) in [5.74, 6) is 0.163. The SMILES string of the molecule is COC(=O)COc1cccc(CO)c1C. The lowest BCUT2D eigenvalue weighted by atomic mass is 10.1. The molecule has 1 aromatic carbocycles. The highest BCUT2D eigenvalue weighted by Crippen LogP contribution is 2.21. The summed E-state index contributed by atoms with van der Waals surface area (Å²) in [5.41, 5.74) is 1.63. The molecule has 0 heterocycles. The van der Waals surface area contributed by atoms with Gasteiger partial charge in [0.25, 0.3) is 0 Å². The Morgan fingerprint density at radius 3 is 2.80 bits per heavy atom. The summed E-state index contributed by atoms with van der Waals surface area (Å²) in [6, 6.07) is 5.32. The van der Waals surface area contributed by atoms with E-state index in [1.165, 1.54) is 7.11 Å². The maximum Gasteiger partial charge on any atom is 0.343 e. The maximum atomic E-state index is 10.9. The molecule has 0 amide bonds. The van der Waals surface area contributed by atoms with E-state index in [0.29, 0.717) is 5.75 Å². The van der Waals surface area contributed by atoms with Crippen LogP contribution in [-0.4, -0.2) is 24.8 Å². The molecule has 0 aliphatic heterocycles. The Morgan fingerprint density at radius 2 is 2.20 bits per heavy atom. The molecule has 15 heavy (non-hydrogen) atoms. The third-order valence-electron chi connectivity index (χ3n) is 2.14. The average Bonchev–Trinajstić information content (AvgIpc) is 2.27. The number of hydrogen-bond acceptors (Lipinski definition) is 4. The summed E-state index contributed by atoms with van der Waals surface area (Å²) >= 11 is 0. The summed E-state index contributed by atoms with van der Waals surface area (Å²) in [5, 5.41) is 9.02. The third-order valence-corrected chi connectivity index (χ3v) is 2.14. The van der Waals surface area contributed by atoms with Crippen molar-refractivity contribution in [3.63, 3.8) is 0 Å². The Balaban J connectivity index is 2.73. The fourth-order valence-electron chi connectivity index (χ4n) is 1.18. The Bertz CT molecular complexity index is 346. The molecule has 0 unspecified atom stereocenters. The number of methoxy groups -OCH3 is 1. The highest BCUT2D eigenvalue weighted by molar-refractivity contribution is 5.70. The van der Waals surface area contributed by atoms with Crippen LogP contribution < -0.4 is 4.74 Å². The number of aliphatic hydroxyl groups is 1. The molecule has 82 valence electrons. The van der Waals surface area contributed by atoms with E-state index in [9.17, 15) is 4.79 Å². The fraction of sp³-hybridized carbons (Fsp3) is 0.364. The van der Waals surface area contributed by atoms with Crippen molar-refractivity contribution in [2.45, 2.75) is 13.5 Å². The molecule has 1 rings (SSSR count). The topological polar surface area (TPSA) is 55.8 Å². The molecule has 0 bridgehead atoms. The van der Waals surface area contributed by atoms with Crippen molar-refractivity contribution in [2.75, 3.05) is 13.7 Å². The molecule has 4 heteroatoms. The van der Waals surface area contributed by atoms with Gasteiger partial charge in [-0.15, -0.1) is 0 Å². The molecule has 0 spiro atoms. The van der Waals surface area contributed by atoms with Crippen molar-refractivity contribution in [3.8, 4) is 5.75 Å². The third kappa shape index (κ3) is 2.95. The van der Waals surface area contributed by atoms with Gasteiger partial charge in [0.2, 0.25) is 0 Å². The normalized spacial score (nSPS) is 9.80. The van der Waals surface area contributed by atoms with E-state index in [4.69, 9.17) is 9.84 Å². The first kappa shape index (κ1) is 11.5. The summed E-state index contributed by atoms with van der Waals surface area (Å²) in [6.07, 6.45) is 0. The van der Waals surface area contributed by atoms with Gasteiger partial charge < -0.3 is 14.6 Å². The second-order valence-electron chi connectivity index (χ2n) is 3.06. The zero-order valence-corrected chi connectivity index (χ0v) is 8.82. The van der Waals surface area contributed by atoms with E-state index in [1.54, 1.807) is 18.2 Å². The fourth-order valence-corrected chi connectivity index (χ4v) is 1.18. The molecule has 1 aromatic rings. The number of carbonyl (C=O) groups excluding carboxylic acids is 1. The van der Waals surface area contributed by atoms with Crippen LogP contribution in [0.3, 0.4) is 0 Å². The van der Waals surface area contributed by atoms with Crippen LogP contribution in [-0.2, 0) is 16.1 Å². The number of rotatable bonds is 4. The standard InChI is InChI=1S/C11H14O4/c1-8-9(6-12)4-3-5-10(8)15-7-11(13)14-2/h3-5,12H,6-7H2,1-2H3. The molecule has 1 N–H and O–H groups in total. The van der Waals surface area contributed by atoms with E-state index in [1.807, 2.05) is 6.92 Å². The van der Waals surface area contributed by atoms with E-state index < -0.39 is 5.97 Å². The molecule has 0 atom stereocenters. The van der Waals surface area contributed by atoms with Gasteiger partial charge in [-0.3, -0.25) is 0 Å². The van der Waals surface area contributed by atoms with Crippen LogP contribution in [0.2, 0.25) is 0 Å². The van der Waals surface area contributed by atoms with Crippen LogP contribution in [0.1, 0.15) is 11.1 Å². The Labute approximate surface area is 88.4 Å². The van der Waals surface area contributed by atoms with E-state index in [-0.39, 0.29) is 13.2 Å². The first-order valence-corrected chi connectivity index (χ1v) is 4.58. The summed E-state index contributed by atoms with van der Waals surface area (Å²) in [4.78, 5) is 10.9. The molecule has 0 aliphatic rings. The number of hydrogen-bond donors (Lipinski definition) is 1. The lowest BCUT2D eigenvalue weighted by Crippen LogP contribution is -2.13. The van der Waals surface area contributed by atoms with Crippen LogP contribution in [0.4, 0.5) is 0 Å². The molecular formula is C11H14O4. The molecule has 0 aromatic heterocycles. The first-order valence-electron chi connectivity index (χ1n) is 4.58. The Morgan fingerprint density at radius 1 is 1.47 bits per heavy atom. The highest BCUT2D eigenvalue weighted by atomic mass is 16.6. The summed E-state index contributed by atoms with van der Waals surface area (Å²) in [6.45, 7) is 1.67. The number of benzene rings is 1. The second kappa shape index (κ2) is 5.36. The van der Waals surface area contributed by atoms with E-state index in [0.717, 1.165) is 11.1 Å². The molecule has 4 nitrogen and oxygen atoms in total. The van der Waals surface area contributed by atoms with Crippen LogP contribution in [0.15, 0.2) is 18.2 Å². The lowest BCUT2D eigenvalue weighted by Gasteiger charge is -2.10. The molecule has 0 radical (unpaired) electrons. The monoisotopic (exact) mass is 210 g/mol. The van der Waals surface area contributed by atoms with Crippen LogP contribution in [0, 0.1) is 6.92 Å². The van der Waals surface area contributed by atoms with Gasteiger partial charge in [-0.1, -0.05) is 12.1 Å². The number of carbonyl (C=O) groups is 1. The minimum absolute atomic E-state index is 0.0404. The van der Waals surface area contributed by atoms with Gasteiger partial charge in [-0.25, -0.2) is 4.79 Å². The lowest BCUT2D eigenvalue weighted by molar-refractivity contribution is -0.142. The first-order chi connectivity index (χ1) is 7.19. The quantitative estimate of drug-likeness (QED) is 0.754. The zero-order valence-electron chi connectivity index (χ0n) is 8.82. The van der Waals surface area contributed by atoms with Gasteiger partial charge in [0.05, 0.1) is 13.7 Å². The predicted molar refractivity (Wildman–Crippen MR) is 54.6 cm³/mol. The van der Waals surface area contributed by atoms with Gasteiger partial charge in [0.1, 0.15) is 5.75 Å². The van der Waals surface area contributed by atoms with Gasteiger partial charge in [0.15, 0.2) is 6.61 Å². The Kier molecular flexibility index (Phi) is 4.12. The molecule has 0 fully saturated rings. The van der Waals surface area contributed by atoms with Crippen molar-refractivity contribution >= 4 is 5.97 Å². The van der Waals surface area contributed by atoms with Gasteiger partial charge in [-0.05, 0) is 24.1 Å². The molecule has 0 saturated carbocycles. The van der Waals surface area contributed by atoms with Gasteiger partial charge >= 0.3 is 5.97 Å². The minimum atomic E-state index is -0.427. The highest BCUT2D eigenvalue weighted by Gasteiger charge is 2.06. The number of ether oxygens (including phenoxy) is 2. The van der Waals surface area contributed by atoms with E-state index >= 15 is 0 Å². The maximum absolute atomic E-state index is 10.9. The summed E-state index contributed by atoms with van der Waals surface area (Å²) in [7, 11) is 1.31. The Hall–Kier alpha value is -1.55. The average molecular weight is 210 g/mol. The van der Waals surface area contributed by atoms with Gasteiger partial charge in [0, 0.05) is 0 Å². The van der Waals surface area contributed by atoms with Crippen LogP contribution in [0.5, 0.6) is 5.75 Å². The molecule has 0 aliphatic carbocycles. The molecule has 0 saturated heterocycles. The van der Waals surface area contributed by atoms with Crippen molar-refractivity contribution in [2.24, 2.45) is 0 Å². The van der Waals surface area contributed by atoms with Crippen molar-refractivity contribution in [3.05, 3.63) is 29.3 Å². The van der Waals surface area contributed by atoms with E-state index in [2.05, 4.69) is 4.74 Å². The minimum Gasteiger partial charge on any atom is -0.482 e. The zero-order chi connectivity index (χ0) is 11.3. The second-order valence-corrected chi connectivity index (χ2v) is 3.06. The summed E-state index contributed by atoms with van der Waals surface area (Å²) < 4.78 is 9.70. The van der Waals surface area contributed by atoms with Crippen LogP contribution >= 0.6 is 0 Å².